The molecule has 3 rings (SSSR count). The van der Waals surface area contributed by atoms with Crippen molar-refractivity contribution >= 4 is 29.0 Å². The highest BCUT2D eigenvalue weighted by Gasteiger charge is 2.50. The number of halogens is 1. The number of para-hydroxylation sites is 1. The van der Waals surface area contributed by atoms with Crippen LogP contribution >= 0.6 is 11.6 Å². The molecule has 1 atom stereocenters. The van der Waals surface area contributed by atoms with Crippen molar-refractivity contribution in [1.29, 1.82) is 0 Å². The van der Waals surface area contributed by atoms with E-state index in [-0.39, 0.29) is 12.2 Å². The van der Waals surface area contributed by atoms with Gasteiger partial charge in [0.15, 0.2) is 11.4 Å². The van der Waals surface area contributed by atoms with Gasteiger partial charge in [0.1, 0.15) is 0 Å². The Labute approximate surface area is 139 Å². The van der Waals surface area contributed by atoms with E-state index >= 15 is 0 Å². The quantitative estimate of drug-likeness (QED) is 0.876. The van der Waals surface area contributed by atoms with E-state index in [0.29, 0.717) is 28.4 Å². The molecule has 2 aromatic carbocycles. The number of Topliss-reactive ketones (excluding diaryl/α,β-unsaturated/α-hetero) is 1. The van der Waals surface area contributed by atoms with Crippen LogP contribution in [0.3, 0.4) is 0 Å². The van der Waals surface area contributed by atoms with Gasteiger partial charge in [-0.2, -0.15) is 0 Å². The summed E-state index contributed by atoms with van der Waals surface area (Å²) in [5.41, 5.74) is -0.424. The van der Waals surface area contributed by atoms with E-state index in [0.717, 1.165) is 0 Å². The zero-order valence-corrected chi connectivity index (χ0v) is 13.4. The normalized spacial score (nSPS) is 19.8. The molecule has 4 nitrogen and oxygen atoms in total. The highest BCUT2D eigenvalue weighted by atomic mass is 35.5. The fraction of sp³-hybridized carbons (Fsp3) is 0.222. The number of ketones is 1. The second-order valence-corrected chi connectivity index (χ2v) is 5.91. The molecule has 0 saturated carbocycles. The SMILES string of the molecule is CCN1C(=O)[C@](O)(CC(=O)c2ccccc2Cl)c2ccccc21. The van der Waals surface area contributed by atoms with Gasteiger partial charge in [-0.05, 0) is 25.1 Å². The van der Waals surface area contributed by atoms with Gasteiger partial charge < -0.3 is 10.0 Å². The zero-order chi connectivity index (χ0) is 16.6. The molecule has 0 radical (unpaired) electrons. The van der Waals surface area contributed by atoms with Crippen LogP contribution in [0.5, 0.6) is 0 Å². The van der Waals surface area contributed by atoms with Crippen LogP contribution < -0.4 is 4.90 Å². The minimum Gasteiger partial charge on any atom is -0.375 e. The molecule has 1 N–H and O–H groups in total. The summed E-state index contributed by atoms with van der Waals surface area (Å²) in [5.74, 6) is -0.833. The number of aliphatic hydroxyl groups is 1. The fourth-order valence-electron chi connectivity index (χ4n) is 3.01. The van der Waals surface area contributed by atoms with Gasteiger partial charge >= 0.3 is 0 Å². The van der Waals surface area contributed by atoms with Crippen LogP contribution in [-0.4, -0.2) is 23.3 Å². The van der Waals surface area contributed by atoms with Crippen LogP contribution in [-0.2, 0) is 10.4 Å². The number of carbonyl (C=O) groups is 2. The first kappa shape index (κ1) is 15.7. The lowest BCUT2D eigenvalue weighted by Crippen LogP contribution is -2.41. The number of carbonyl (C=O) groups excluding carboxylic acids is 2. The molecular weight excluding hydrogens is 314 g/mol. The lowest BCUT2D eigenvalue weighted by molar-refractivity contribution is -0.135. The van der Waals surface area contributed by atoms with E-state index in [4.69, 9.17) is 11.6 Å². The van der Waals surface area contributed by atoms with Gasteiger partial charge in [0.05, 0.1) is 17.1 Å². The molecule has 0 saturated heterocycles. The number of rotatable bonds is 4. The van der Waals surface area contributed by atoms with Crippen LogP contribution in [0.15, 0.2) is 48.5 Å². The zero-order valence-electron chi connectivity index (χ0n) is 12.6. The summed E-state index contributed by atoms with van der Waals surface area (Å²) in [5, 5.41) is 11.3. The minimum absolute atomic E-state index is 0.308. The lowest BCUT2D eigenvalue weighted by atomic mass is 9.88. The van der Waals surface area contributed by atoms with Gasteiger partial charge in [0.25, 0.3) is 5.91 Å². The number of fused-ring (bicyclic) bond motifs is 1. The molecule has 0 fully saturated rings. The molecule has 118 valence electrons. The number of anilines is 1. The van der Waals surface area contributed by atoms with Gasteiger partial charge in [0.2, 0.25) is 0 Å². The van der Waals surface area contributed by atoms with Crippen molar-refractivity contribution in [3.63, 3.8) is 0 Å². The number of nitrogens with zero attached hydrogens (tertiary/aromatic N) is 1. The van der Waals surface area contributed by atoms with Crippen LogP contribution in [0.2, 0.25) is 5.02 Å². The molecule has 1 aliphatic rings. The number of hydrogen-bond acceptors (Lipinski definition) is 3. The minimum atomic E-state index is -1.84. The molecule has 0 unspecified atom stereocenters. The molecule has 1 heterocycles. The van der Waals surface area contributed by atoms with E-state index in [1.165, 1.54) is 4.90 Å². The maximum atomic E-state index is 12.7. The van der Waals surface area contributed by atoms with Gasteiger partial charge in [-0.15, -0.1) is 0 Å². The van der Waals surface area contributed by atoms with E-state index in [1.54, 1.807) is 48.5 Å². The summed E-state index contributed by atoms with van der Waals surface area (Å²) >= 11 is 6.04. The highest BCUT2D eigenvalue weighted by Crippen LogP contribution is 2.42. The molecule has 0 spiro atoms. The Hall–Kier alpha value is -2.17. The van der Waals surface area contributed by atoms with Crippen LogP contribution in [0.4, 0.5) is 5.69 Å². The smallest absolute Gasteiger partial charge is 0.264 e. The molecular formula is C18H16ClNO3. The van der Waals surface area contributed by atoms with Crippen molar-refractivity contribution in [2.75, 3.05) is 11.4 Å². The van der Waals surface area contributed by atoms with Crippen molar-refractivity contribution in [3.05, 3.63) is 64.7 Å². The monoisotopic (exact) mass is 329 g/mol. The molecule has 1 amide bonds. The topological polar surface area (TPSA) is 57.6 Å². The summed E-state index contributed by atoms with van der Waals surface area (Å²) < 4.78 is 0. The van der Waals surface area contributed by atoms with E-state index in [9.17, 15) is 14.7 Å². The second kappa shape index (κ2) is 5.80. The number of benzene rings is 2. The predicted octanol–water partition coefficient (Wildman–Crippen LogP) is 3.17. The Balaban J connectivity index is 2.00. The van der Waals surface area contributed by atoms with Crippen molar-refractivity contribution in [2.24, 2.45) is 0 Å². The van der Waals surface area contributed by atoms with Gasteiger partial charge in [-0.3, -0.25) is 9.59 Å². The largest absolute Gasteiger partial charge is 0.375 e. The summed E-state index contributed by atoms with van der Waals surface area (Å²) in [4.78, 5) is 26.7. The third-order valence-electron chi connectivity index (χ3n) is 4.15. The number of amides is 1. The Morgan fingerprint density at radius 3 is 2.52 bits per heavy atom. The Kier molecular flexibility index (Phi) is 3.96. The maximum absolute atomic E-state index is 12.7. The van der Waals surface area contributed by atoms with Gasteiger partial charge in [0, 0.05) is 17.7 Å². The van der Waals surface area contributed by atoms with E-state index in [2.05, 4.69) is 0 Å². The van der Waals surface area contributed by atoms with Crippen molar-refractivity contribution in [2.45, 2.75) is 18.9 Å². The van der Waals surface area contributed by atoms with Crippen molar-refractivity contribution in [1.82, 2.24) is 0 Å². The summed E-state index contributed by atoms with van der Waals surface area (Å²) in [7, 11) is 0. The molecule has 2 aromatic rings. The van der Waals surface area contributed by atoms with E-state index in [1.807, 2.05) is 6.92 Å². The lowest BCUT2D eigenvalue weighted by Gasteiger charge is -2.22. The van der Waals surface area contributed by atoms with Crippen molar-refractivity contribution in [3.8, 4) is 0 Å². The molecule has 1 aliphatic heterocycles. The predicted molar refractivity (Wildman–Crippen MR) is 88.8 cm³/mol. The standard InChI is InChI=1S/C18H16ClNO3/c1-2-20-15-10-6-4-8-13(15)18(23,17(20)22)11-16(21)12-7-3-5-9-14(12)19/h3-10,23H,2,11H2,1H3/t18-/m0/s1. The summed E-state index contributed by atoms with van der Waals surface area (Å²) in [6.07, 6.45) is -0.330. The van der Waals surface area contributed by atoms with Crippen LogP contribution in [0.25, 0.3) is 0 Å². The third-order valence-corrected chi connectivity index (χ3v) is 4.48. The average molecular weight is 330 g/mol. The first-order chi connectivity index (χ1) is 11.0. The molecule has 0 aromatic heterocycles. The average Bonchev–Trinajstić information content (AvgIpc) is 2.76. The first-order valence-electron chi connectivity index (χ1n) is 7.40. The first-order valence-corrected chi connectivity index (χ1v) is 7.78. The molecule has 0 aliphatic carbocycles. The van der Waals surface area contributed by atoms with Crippen LogP contribution in [0, 0.1) is 0 Å². The number of hydrogen-bond donors (Lipinski definition) is 1. The Bertz CT molecular complexity index is 789. The maximum Gasteiger partial charge on any atom is 0.264 e. The Morgan fingerprint density at radius 1 is 1.17 bits per heavy atom. The van der Waals surface area contributed by atoms with Gasteiger partial charge in [-0.25, -0.2) is 0 Å². The van der Waals surface area contributed by atoms with Gasteiger partial charge in [-0.1, -0.05) is 41.9 Å². The van der Waals surface area contributed by atoms with Crippen LogP contribution in [0.1, 0.15) is 29.3 Å². The van der Waals surface area contributed by atoms with E-state index < -0.39 is 11.5 Å². The third kappa shape index (κ3) is 2.44. The summed E-state index contributed by atoms with van der Waals surface area (Å²) in [6, 6.07) is 13.6. The Morgan fingerprint density at radius 2 is 1.83 bits per heavy atom. The second-order valence-electron chi connectivity index (χ2n) is 5.51. The number of likely N-dealkylation sites (N-methyl/N-ethyl adjacent to an activating group) is 1. The molecule has 5 heteroatoms. The summed E-state index contributed by atoms with van der Waals surface area (Å²) in [6.45, 7) is 2.26. The fourth-order valence-corrected chi connectivity index (χ4v) is 3.25. The molecule has 23 heavy (non-hydrogen) atoms. The highest BCUT2D eigenvalue weighted by molar-refractivity contribution is 6.34. The van der Waals surface area contributed by atoms with Crippen molar-refractivity contribution < 1.29 is 14.7 Å². The molecule has 0 bridgehead atoms.